The van der Waals surface area contributed by atoms with Crippen molar-refractivity contribution in [3.05, 3.63) is 82.0 Å². The van der Waals surface area contributed by atoms with Crippen LogP contribution >= 0.6 is 0 Å². The Morgan fingerprint density at radius 1 is 0.882 bits per heavy atom. The number of aryl methyl sites for hydroxylation is 1. The van der Waals surface area contributed by atoms with Gasteiger partial charge in [-0.2, -0.15) is 0 Å². The number of benzene rings is 3. The zero-order valence-corrected chi connectivity index (χ0v) is 19.7. The van der Waals surface area contributed by atoms with E-state index >= 15 is 0 Å². The Labute approximate surface area is 197 Å². The molecule has 0 aliphatic carbocycles. The van der Waals surface area contributed by atoms with Crippen molar-refractivity contribution < 1.29 is 23.4 Å². The number of fused-ring (bicyclic) bond motifs is 1. The number of carbonyl (C=O) groups excluding carboxylic acids is 1. The van der Waals surface area contributed by atoms with E-state index in [4.69, 9.17) is 18.6 Å². The maximum atomic E-state index is 13.4. The molecule has 34 heavy (non-hydrogen) atoms. The summed E-state index contributed by atoms with van der Waals surface area (Å²) in [6.07, 6.45) is 0. The van der Waals surface area contributed by atoms with Crippen molar-refractivity contribution in [2.24, 2.45) is 0 Å². The lowest BCUT2D eigenvalue weighted by molar-refractivity contribution is 0.0731. The fourth-order valence-corrected chi connectivity index (χ4v) is 3.59. The van der Waals surface area contributed by atoms with Gasteiger partial charge in [-0.05, 0) is 67.1 Å². The molecule has 7 nitrogen and oxygen atoms in total. The average molecular weight is 459 g/mol. The number of hydrogen-bond donors (Lipinski definition) is 0. The van der Waals surface area contributed by atoms with Crippen LogP contribution in [0.5, 0.6) is 17.2 Å². The number of nitrogens with zero attached hydrogens (tertiary/aromatic N) is 1. The van der Waals surface area contributed by atoms with E-state index in [1.54, 1.807) is 60.7 Å². The molecule has 0 aliphatic heterocycles. The summed E-state index contributed by atoms with van der Waals surface area (Å²) in [6.45, 7) is 1.90. The Hall–Kier alpha value is -4.26. The molecular formula is C27H25NO6. The van der Waals surface area contributed by atoms with E-state index in [0.29, 0.717) is 33.6 Å². The second-order valence-corrected chi connectivity index (χ2v) is 7.99. The zero-order chi connectivity index (χ0) is 24.4. The van der Waals surface area contributed by atoms with Crippen LogP contribution in [-0.2, 0) is 0 Å². The molecule has 4 aromatic rings. The highest BCUT2D eigenvalue weighted by Gasteiger charge is 2.22. The van der Waals surface area contributed by atoms with Gasteiger partial charge in [-0.1, -0.05) is 6.07 Å². The van der Waals surface area contributed by atoms with Crippen molar-refractivity contribution in [1.29, 1.82) is 0 Å². The average Bonchev–Trinajstić information content (AvgIpc) is 2.84. The van der Waals surface area contributed by atoms with Crippen molar-refractivity contribution >= 4 is 22.6 Å². The highest BCUT2D eigenvalue weighted by molar-refractivity contribution is 5.93. The van der Waals surface area contributed by atoms with E-state index in [1.165, 1.54) is 14.2 Å². The molecule has 0 bridgehead atoms. The maximum absolute atomic E-state index is 13.4. The lowest BCUT2D eigenvalue weighted by atomic mass is 10.1. The summed E-state index contributed by atoms with van der Waals surface area (Å²) in [5, 5.41) is 0.320. The van der Waals surface area contributed by atoms with Gasteiger partial charge in [-0.25, -0.2) is 4.79 Å². The lowest BCUT2D eigenvalue weighted by Crippen LogP contribution is -2.16. The predicted octanol–water partition coefficient (Wildman–Crippen LogP) is 5.07. The van der Waals surface area contributed by atoms with E-state index < -0.39 is 11.4 Å². The number of methoxy groups -OCH3 is 2. The number of carbonyl (C=O) groups is 1. The van der Waals surface area contributed by atoms with Crippen LogP contribution in [-0.4, -0.2) is 34.3 Å². The van der Waals surface area contributed by atoms with Crippen LogP contribution in [0.25, 0.3) is 22.3 Å². The third-order valence-corrected chi connectivity index (χ3v) is 5.47. The second kappa shape index (κ2) is 9.31. The quantitative estimate of drug-likeness (QED) is 0.373. The highest BCUT2D eigenvalue weighted by Crippen LogP contribution is 2.37. The summed E-state index contributed by atoms with van der Waals surface area (Å²) >= 11 is 0. The van der Waals surface area contributed by atoms with Gasteiger partial charge in [-0.3, -0.25) is 4.79 Å². The van der Waals surface area contributed by atoms with E-state index in [1.807, 2.05) is 25.9 Å². The molecule has 0 fully saturated rings. The minimum absolute atomic E-state index is 0.127. The molecule has 0 unspecified atom stereocenters. The predicted molar refractivity (Wildman–Crippen MR) is 131 cm³/mol. The van der Waals surface area contributed by atoms with E-state index in [2.05, 4.69) is 0 Å². The molecule has 7 heteroatoms. The molecule has 0 aliphatic rings. The number of esters is 1. The van der Waals surface area contributed by atoms with Crippen molar-refractivity contribution in [3.8, 4) is 28.6 Å². The number of anilines is 1. The van der Waals surface area contributed by atoms with Gasteiger partial charge < -0.3 is 23.5 Å². The Kier molecular flexibility index (Phi) is 6.27. The maximum Gasteiger partial charge on any atom is 0.343 e. The second-order valence-electron chi connectivity index (χ2n) is 7.99. The Morgan fingerprint density at radius 3 is 2.24 bits per heavy atom. The molecule has 0 saturated carbocycles. The Balaban J connectivity index is 1.86. The molecule has 174 valence electrons. The molecule has 1 aromatic heterocycles. The first-order valence-electron chi connectivity index (χ1n) is 10.6. The third-order valence-electron chi connectivity index (χ3n) is 5.47. The highest BCUT2D eigenvalue weighted by atomic mass is 16.5. The minimum atomic E-state index is -0.661. The van der Waals surface area contributed by atoms with Crippen LogP contribution in [0.2, 0.25) is 0 Å². The summed E-state index contributed by atoms with van der Waals surface area (Å²) < 4.78 is 22.5. The van der Waals surface area contributed by atoms with Gasteiger partial charge in [0.05, 0.1) is 25.2 Å². The monoisotopic (exact) mass is 459 g/mol. The number of rotatable bonds is 6. The molecule has 0 radical (unpaired) electrons. The summed E-state index contributed by atoms with van der Waals surface area (Å²) in [6, 6.07) is 17.2. The normalized spacial score (nSPS) is 10.7. The molecule has 0 atom stereocenters. The topological polar surface area (TPSA) is 78.2 Å². The first-order chi connectivity index (χ1) is 16.3. The van der Waals surface area contributed by atoms with Gasteiger partial charge in [0.1, 0.15) is 5.58 Å². The first-order valence-corrected chi connectivity index (χ1v) is 10.6. The Bertz CT molecular complexity index is 1420. The minimum Gasteiger partial charge on any atom is -0.493 e. The first kappa shape index (κ1) is 22.9. The fourth-order valence-electron chi connectivity index (χ4n) is 3.59. The van der Waals surface area contributed by atoms with E-state index in [-0.39, 0.29) is 11.5 Å². The van der Waals surface area contributed by atoms with Gasteiger partial charge >= 0.3 is 5.97 Å². The van der Waals surface area contributed by atoms with Crippen molar-refractivity contribution in [2.45, 2.75) is 6.92 Å². The van der Waals surface area contributed by atoms with Crippen LogP contribution < -0.4 is 24.5 Å². The van der Waals surface area contributed by atoms with Crippen LogP contribution in [0.3, 0.4) is 0 Å². The summed E-state index contributed by atoms with van der Waals surface area (Å²) in [5.74, 6) is 0.242. The van der Waals surface area contributed by atoms with Crippen molar-refractivity contribution in [3.63, 3.8) is 0 Å². The van der Waals surface area contributed by atoms with Gasteiger partial charge in [0, 0.05) is 25.3 Å². The SMILES string of the molecule is COc1ccc(-c2oc3cc(C)ccc3c(=O)c2OC(=O)c2ccc(N(C)C)cc2)cc1OC. The Morgan fingerprint density at radius 2 is 1.59 bits per heavy atom. The largest absolute Gasteiger partial charge is 0.493 e. The standard InChI is InChI=1S/C27H25NO6/c1-16-6-12-20-22(14-16)33-25(18-9-13-21(31-4)23(15-18)32-5)26(24(20)29)34-27(30)17-7-10-19(11-8-17)28(2)3/h6-15H,1-5H3. The molecular weight excluding hydrogens is 434 g/mol. The van der Waals surface area contributed by atoms with Crippen LogP contribution in [0.15, 0.2) is 69.9 Å². The molecule has 1 heterocycles. The van der Waals surface area contributed by atoms with Crippen LogP contribution in [0.4, 0.5) is 5.69 Å². The molecule has 0 amide bonds. The lowest BCUT2D eigenvalue weighted by Gasteiger charge is -2.14. The smallest absolute Gasteiger partial charge is 0.343 e. The van der Waals surface area contributed by atoms with Gasteiger partial charge in [-0.15, -0.1) is 0 Å². The molecule has 3 aromatic carbocycles. The summed E-state index contributed by atoms with van der Waals surface area (Å²) in [7, 11) is 6.86. The summed E-state index contributed by atoms with van der Waals surface area (Å²) in [4.78, 5) is 28.3. The third kappa shape index (κ3) is 4.32. The molecule has 0 spiro atoms. The molecule has 4 rings (SSSR count). The van der Waals surface area contributed by atoms with E-state index in [9.17, 15) is 9.59 Å². The summed E-state index contributed by atoms with van der Waals surface area (Å²) in [5.41, 5.74) is 2.63. The van der Waals surface area contributed by atoms with Crippen LogP contribution in [0, 0.1) is 6.92 Å². The van der Waals surface area contributed by atoms with Gasteiger partial charge in [0.15, 0.2) is 17.3 Å². The fraction of sp³-hybridized carbons (Fsp3) is 0.185. The van der Waals surface area contributed by atoms with Crippen molar-refractivity contribution in [2.75, 3.05) is 33.2 Å². The van der Waals surface area contributed by atoms with Crippen LogP contribution in [0.1, 0.15) is 15.9 Å². The number of hydrogen-bond acceptors (Lipinski definition) is 7. The molecule has 0 N–H and O–H groups in total. The molecule has 0 saturated heterocycles. The van der Waals surface area contributed by atoms with Gasteiger partial charge in [0.25, 0.3) is 0 Å². The van der Waals surface area contributed by atoms with E-state index in [0.717, 1.165) is 11.3 Å². The zero-order valence-electron chi connectivity index (χ0n) is 19.7. The van der Waals surface area contributed by atoms with Gasteiger partial charge in [0.2, 0.25) is 11.2 Å². The number of ether oxygens (including phenoxy) is 3. The van der Waals surface area contributed by atoms with Crippen molar-refractivity contribution in [1.82, 2.24) is 0 Å².